The summed E-state index contributed by atoms with van der Waals surface area (Å²) < 4.78 is 0. The van der Waals surface area contributed by atoms with Crippen molar-refractivity contribution in [3.63, 3.8) is 0 Å². The second-order valence-electron chi connectivity index (χ2n) is 8.31. The zero-order chi connectivity index (χ0) is 21.7. The van der Waals surface area contributed by atoms with Crippen molar-refractivity contribution in [2.75, 3.05) is 18.4 Å². The van der Waals surface area contributed by atoms with Gasteiger partial charge in [0.05, 0.1) is 5.92 Å². The lowest BCUT2D eigenvalue weighted by atomic mass is 9.84. The van der Waals surface area contributed by atoms with Crippen LogP contribution in [0.3, 0.4) is 0 Å². The van der Waals surface area contributed by atoms with E-state index in [9.17, 15) is 19.2 Å². The lowest BCUT2D eigenvalue weighted by Gasteiger charge is -2.36. The Balaban J connectivity index is 1.49. The molecular weight excluding hydrogens is 384 g/mol. The maximum Gasteiger partial charge on any atom is 0.251 e. The third-order valence-corrected chi connectivity index (χ3v) is 5.99. The number of primary amides is 1. The summed E-state index contributed by atoms with van der Waals surface area (Å²) in [5.74, 6) is -0.904. The first-order valence-electron chi connectivity index (χ1n) is 10.6. The largest absolute Gasteiger partial charge is 0.369 e. The summed E-state index contributed by atoms with van der Waals surface area (Å²) in [4.78, 5) is 49.9. The monoisotopic (exact) mass is 414 g/mol. The lowest BCUT2D eigenvalue weighted by molar-refractivity contribution is -0.139. The van der Waals surface area contributed by atoms with Gasteiger partial charge in [-0.1, -0.05) is 6.07 Å². The number of nitrogens with one attached hydrogen (secondary N) is 2. The molecule has 1 heterocycles. The Morgan fingerprint density at radius 2 is 1.77 bits per heavy atom. The molecule has 4 amide bonds. The molecule has 0 aromatic heterocycles. The third-order valence-electron chi connectivity index (χ3n) is 5.99. The maximum atomic E-state index is 12.8. The Kier molecular flexibility index (Phi) is 7.07. The first-order chi connectivity index (χ1) is 14.3. The van der Waals surface area contributed by atoms with E-state index in [0.29, 0.717) is 37.2 Å². The van der Waals surface area contributed by atoms with Crippen LogP contribution in [0.15, 0.2) is 24.3 Å². The quantitative estimate of drug-likeness (QED) is 0.678. The van der Waals surface area contributed by atoms with Crippen molar-refractivity contribution in [1.29, 1.82) is 0 Å². The number of nitrogens with two attached hydrogens (primary N) is 1. The van der Waals surface area contributed by atoms with Crippen molar-refractivity contribution in [2.45, 2.75) is 51.5 Å². The van der Waals surface area contributed by atoms with Crippen LogP contribution in [0.1, 0.15) is 55.8 Å². The van der Waals surface area contributed by atoms with E-state index in [4.69, 9.17) is 5.73 Å². The van der Waals surface area contributed by atoms with E-state index in [1.807, 2.05) is 0 Å². The summed E-state index contributed by atoms with van der Waals surface area (Å²) in [5, 5.41) is 5.71. The number of carbonyl (C=O) groups excluding carboxylic acids is 4. The molecule has 2 fully saturated rings. The molecule has 1 saturated heterocycles. The predicted molar refractivity (Wildman–Crippen MR) is 112 cm³/mol. The summed E-state index contributed by atoms with van der Waals surface area (Å²) in [6.45, 7) is 2.53. The standard InChI is InChI=1S/C22H30N4O4/c1-14(27)24-19-6-2-4-16(12-19)21(29)25-18-9-7-15(8-10-18)22(30)26-11-3-5-17(13-26)20(23)28/h2,4,6,12,15,17-18H,3,5,7-11,13H2,1H3,(H2,23,28)(H,24,27)(H,25,29). The summed E-state index contributed by atoms with van der Waals surface area (Å²) in [5.41, 5.74) is 6.49. The molecule has 4 N–H and O–H groups in total. The van der Waals surface area contributed by atoms with Crippen LogP contribution in [0.4, 0.5) is 5.69 Å². The molecule has 162 valence electrons. The molecule has 1 aliphatic carbocycles. The summed E-state index contributed by atoms with van der Waals surface area (Å²) in [6.07, 6.45) is 4.46. The zero-order valence-electron chi connectivity index (χ0n) is 17.4. The number of nitrogens with zero attached hydrogens (tertiary/aromatic N) is 1. The SMILES string of the molecule is CC(=O)Nc1cccc(C(=O)NC2CCC(C(=O)N3CCCC(C(N)=O)C3)CC2)c1. The van der Waals surface area contributed by atoms with Crippen molar-refractivity contribution in [1.82, 2.24) is 10.2 Å². The number of amides is 4. The summed E-state index contributed by atoms with van der Waals surface area (Å²) >= 11 is 0. The van der Waals surface area contributed by atoms with Crippen LogP contribution < -0.4 is 16.4 Å². The van der Waals surface area contributed by atoms with Crippen molar-refractivity contribution in [3.8, 4) is 0 Å². The summed E-state index contributed by atoms with van der Waals surface area (Å²) in [6, 6.07) is 6.84. The van der Waals surface area contributed by atoms with E-state index in [-0.39, 0.29) is 41.5 Å². The van der Waals surface area contributed by atoms with Gasteiger partial charge in [-0.25, -0.2) is 0 Å². The number of hydrogen-bond acceptors (Lipinski definition) is 4. The molecule has 0 spiro atoms. The van der Waals surface area contributed by atoms with Gasteiger partial charge in [-0.15, -0.1) is 0 Å². The van der Waals surface area contributed by atoms with Gasteiger partial charge in [0.1, 0.15) is 0 Å². The molecule has 3 rings (SSSR count). The van der Waals surface area contributed by atoms with Gasteiger partial charge in [0, 0.05) is 43.2 Å². The van der Waals surface area contributed by atoms with Gasteiger partial charge in [-0.2, -0.15) is 0 Å². The highest BCUT2D eigenvalue weighted by Crippen LogP contribution is 2.28. The van der Waals surface area contributed by atoms with E-state index in [2.05, 4.69) is 10.6 Å². The topological polar surface area (TPSA) is 122 Å². The second-order valence-corrected chi connectivity index (χ2v) is 8.31. The Morgan fingerprint density at radius 3 is 2.43 bits per heavy atom. The number of anilines is 1. The number of likely N-dealkylation sites (tertiary alicyclic amines) is 1. The van der Waals surface area contributed by atoms with Gasteiger partial charge < -0.3 is 21.3 Å². The van der Waals surface area contributed by atoms with Gasteiger partial charge in [-0.05, 0) is 56.7 Å². The fourth-order valence-electron chi connectivity index (χ4n) is 4.36. The van der Waals surface area contributed by atoms with Crippen LogP contribution >= 0.6 is 0 Å². The lowest BCUT2D eigenvalue weighted by Crippen LogP contribution is -2.47. The molecule has 1 aromatic rings. The van der Waals surface area contributed by atoms with Crippen LogP contribution in [0.25, 0.3) is 0 Å². The molecule has 8 heteroatoms. The minimum atomic E-state index is -0.332. The fraction of sp³-hybridized carbons (Fsp3) is 0.545. The normalized spacial score (nSPS) is 24.0. The van der Waals surface area contributed by atoms with E-state index < -0.39 is 0 Å². The minimum absolute atomic E-state index is 0.0192. The predicted octanol–water partition coefficient (Wildman–Crippen LogP) is 1.66. The van der Waals surface area contributed by atoms with Crippen LogP contribution in [0.2, 0.25) is 0 Å². The first kappa shape index (κ1) is 21.8. The zero-order valence-corrected chi connectivity index (χ0v) is 17.4. The first-order valence-corrected chi connectivity index (χ1v) is 10.6. The fourth-order valence-corrected chi connectivity index (χ4v) is 4.36. The molecule has 1 unspecified atom stereocenters. The van der Waals surface area contributed by atoms with E-state index in [0.717, 1.165) is 25.7 Å². The van der Waals surface area contributed by atoms with E-state index in [1.165, 1.54) is 6.92 Å². The highest BCUT2D eigenvalue weighted by atomic mass is 16.2. The van der Waals surface area contributed by atoms with E-state index in [1.54, 1.807) is 29.2 Å². The van der Waals surface area contributed by atoms with Crippen LogP contribution in [-0.2, 0) is 14.4 Å². The van der Waals surface area contributed by atoms with Gasteiger partial charge in [0.25, 0.3) is 5.91 Å². The number of rotatable bonds is 5. The van der Waals surface area contributed by atoms with Crippen molar-refractivity contribution < 1.29 is 19.2 Å². The molecule has 1 saturated carbocycles. The second kappa shape index (κ2) is 9.73. The average molecular weight is 415 g/mol. The maximum absolute atomic E-state index is 12.8. The number of hydrogen-bond donors (Lipinski definition) is 3. The van der Waals surface area contributed by atoms with Gasteiger partial charge >= 0.3 is 0 Å². The van der Waals surface area contributed by atoms with Crippen LogP contribution in [0.5, 0.6) is 0 Å². The molecule has 2 aliphatic rings. The Labute approximate surface area is 176 Å². The van der Waals surface area contributed by atoms with Gasteiger partial charge in [0.15, 0.2) is 0 Å². The highest BCUT2D eigenvalue weighted by Gasteiger charge is 2.33. The average Bonchev–Trinajstić information content (AvgIpc) is 2.73. The van der Waals surface area contributed by atoms with Crippen molar-refractivity contribution in [2.24, 2.45) is 17.6 Å². The van der Waals surface area contributed by atoms with Gasteiger partial charge in [0.2, 0.25) is 17.7 Å². The van der Waals surface area contributed by atoms with Crippen LogP contribution in [-0.4, -0.2) is 47.7 Å². The van der Waals surface area contributed by atoms with Crippen LogP contribution in [0, 0.1) is 11.8 Å². The molecule has 0 radical (unpaired) electrons. The number of carbonyl (C=O) groups is 4. The minimum Gasteiger partial charge on any atom is -0.369 e. The van der Waals surface area contributed by atoms with E-state index >= 15 is 0 Å². The smallest absolute Gasteiger partial charge is 0.251 e. The molecule has 1 atom stereocenters. The highest BCUT2D eigenvalue weighted by molar-refractivity contribution is 5.97. The molecule has 8 nitrogen and oxygen atoms in total. The van der Waals surface area contributed by atoms with Crippen molar-refractivity contribution >= 4 is 29.3 Å². The third kappa shape index (κ3) is 5.58. The Morgan fingerprint density at radius 1 is 1.03 bits per heavy atom. The summed E-state index contributed by atoms with van der Waals surface area (Å²) in [7, 11) is 0. The molecule has 30 heavy (non-hydrogen) atoms. The molecule has 1 aliphatic heterocycles. The number of benzene rings is 1. The molecule has 1 aromatic carbocycles. The number of piperidine rings is 1. The van der Waals surface area contributed by atoms with Crippen molar-refractivity contribution in [3.05, 3.63) is 29.8 Å². The molecular formula is C22H30N4O4. The molecule has 0 bridgehead atoms. The van der Waals surface area contributed by atoms with Gasteiger partial charge in [-0.3, -0.25) is 19.2 Å². The Hall–Kier alpha value is -2.90. The Bertz CT molecular complexity index is 817.